The molecular formula is C22H25N3O5S2. The fraction of sp³-hybridized carbons (Fsp3) is 0.318. The number of para-hydroxylation sites is 1. The topological polar surface area (TPSA) is 118 Å². The summed E-state index contributed by atoms with van der Waals surface area (Å²) < 4.78 is 26.2. The number of aliphatic hydroxyl groups is 1. The van der Waals surface area contributed by atoms with Crippen LogP contribution in [0.1, 0.15) is 22.3 Å². The van der Waals surface area contributed by atoms with E-state index in [9.17, 15) is 23.1 Å². The summed E-state index contributed by atoms with van der Waals surface area (Å²) in [6.45, 7) is 0.565. The van der Waals surface area contributed by atoms with Crippen LogP contribution in [0.25, 0.3) is 10.9 Å². The maximum Gasteiger partial charge on any atom is 0.262 e. The molecule has 0 bridgehead atoms. The lowest BCUT2D eigenvalue weighted by molar-refractivity contribution is 0.102. The Balaban J connectivity index is 1.70. The van der Waals surface area contributed by atoms with Gasteiger partial charge < -0.3 is 5.11 Å². The zero-order chi connectivity index (χ0) is 23.1. The first-order valence-corrected chi connectivity index (χ1v) is 13.0. The van der Waals surface area contributed by atoms with Crippen LogP contribution in [0.2, 0.25) is 0 Å². The number of thioether (sulfide) groups is 1. The highest BCUT2D eigenvalue weighted by atomic mass is 32.2. The number of benzene rings is 2. The van der Waals surface area contributed by atoms with E-state index < -0.39 is 10.0 Å². The summed E-state index contributed by atoms with van der Waals surface area (Å²) >= 11 is 1.19. The molecule has 0 atom stereocenters. The van der Waals surface area contributed by atoms with Gasteiger partial charge in [-0.2, -0.15) is 0 Å². The molecule has 0 aliphatic heterocycles. The second-order valence-corrected chi connectivity index (χ2v) is 10.0. The summed E-state index contributed by atoms with van der Waals surface area (Å²) in [6.07, 6.45) is 2.05. The van der Waals surface area contributed by atoms with Gasteiger partial charge in [0.2, 0.25) is 10.0 Å². The lowest BCUT2D eigenvalue weighted by Crippen LogP contribution is -2.24. The number of aliphatic hydroxyl groups excluding tert-OH is 1. The number of ketones is 1. The van der Waals surface area contributed by atoms with Crippen molar-refractivity contribution in [3.8, 4) is 0 Å². The molecule has 0 amide bonds. The molecule has 0 unspecified atom stereocenters. The first-order chi connectivity index (χ1) is 15.3. The fourth-order valence-electron chi connectivity index (χ4n) is 3.14. The van der Waals surface area contributed by atoms with Gasteiger partial charge in [0, 0.05) is 25.3 Å². The molecule has 0 saturated heterocycles. The normalized spacial score (nSPS) is 11.7. The number of fused-ring (bicyclic) bond motifs is 1. The molecule has 8 nitrogen and oxygen atoms in total. The van der Waals surface area contributed by atoms with Crippen molar-refractivity contribution in [2.75, 3.05) is 25.2 Å². The minimum Gasteiger partial charge on any atom is -0.396 e. The Labute approximate surface area is 190 Å². The van der Waals surface area contributed by atoms with E-state index >= 15 is 0 Å². The average Bonchev–Trinajstić information content (AvgIpc) is 2.76. The predicted octanol–water partition coefficient (Wildman–Crippen LogP) is 1.85. The maximum atomic E-state index is 12.9. The van der Waals surface area contributed by atoms with E-state index in [1.807, 2.05) is 0 Å². The van der Waals surface area contributed by atoms with Gasteiger partial charge in [0.05, 0.1) is 22.9 Å². The van der Waals surface area contributed by atoms with E-state index in [1.165, 1.54) is 16.3 Å². The molecule has 0 spiro atoms. The first-order valence-electron chi connectivity index (χ1n) is 10.1. The molecule has 1 heterocycles. The number of Topliss-reactive ketones (excluding diaryl/α,β-unsaturated/α-hetero) is 1. The first kappa shape index (κ1) is 24.1. The van der Waals surface area contributed by atoms with E-state index in [-0.39, 0.29) is 23.7 Å². The van der Waals surface area contributed by atoms with Gasteiger partial charge in [0.1, 0.15) is 0 Å². The van der Waals surface area contributed by atoms with Crippen LogP contribution in [-0.4, -0.2) is 54.0 Å². The zero-order valence-electron chi connectivity index (χ0n) is 17.7. The molecule has 0 radical (unpaired) electrons. The lowest BCUT2D eigenvalue weighted by atomic mass is 10.1. The highest BCUT2D eigenvalue weighted by molar-refractivity contribution is 7.99. The van der Waals surface area contributed by atoms with E-state index in [4.69, 9.17) is 0 Å². The van der Waals surface area contributed by atoms with E-state index in [0.717, 1.165) is 11.8 Å². The number of aromatic nitrogens is 2. The van der Waals surface area contributed by atoms with Crippen molar-refractivity contribution in [1.82, 2.24) is 14.3 Å². The summed E-state index contributed by atoms with van der Waals surface area (Å²) in [7, 11) is -3.23. The average molecular weight is 476 g/mol. The molecule has 3 aromatic rings. The van der Waals surface area contributed by atoms with Gasteiger partial charge in [0.25, 0.3) is 5.56 Å². The Hall–Kier alpha value is -2.53. The molecule has 0 aliphatic rings. The molecule has 0 fully saturated rings. The second-order valence-electron chi connectivity index (χ2n) is 7.27. The van der Waals surface area contributed by atoms with Crippen LogP contribution in [0.5, 0.6) is 0 Å². The number of carbonyl (C=O) groups is 1. The van der Waals surface area contributed by atoms with Gasteiger partial charge in [-0.25, -0.2) is 18.1 Å². The molecule has 32 heavy (non-hydrogen) atoms. The Morgan fingerprint density at radius 3 is 2.56 bits per heavy atom. The third-order valence-corrected chi connectivity index (χ3v) is 6.46. The van der Waals surface area contributed by atoms with Gasteiger partial charge in [-0.3, -0.25) is 14.2 Å². The fourth-order valence-corrected chi connectivity index (χ4v) is 4.53. The largest absolute Gasteiger partial charge is 0.396 e. The quantitative estimate of drug-likeness (QED) is 0.247. The van der Waals surface area contributed by atoms with Crippen molar-refractivity contribution >= 4 is 38.5 Å². The van der Waals surface area contributed by atoms with Crippen molar-refractivity contribution in [3.63, 3.8) is 0 Å². The van der Waals surface area contributed by atoms with Crippen LogP contribution in [-0.2, 0) is 23.0 Å². The highest BCUT2D eigenvalue weighted by Gasteiger charge is 2.14. The summed E-state index contributed by atoms with van der Waals surface area (Å²) in [6, 6.07) is 14.1. The Kier molecular flexibility index (Phi) is 8.19. The van der Waals surface area contributed by atoms with Crippen molar-refractivity contribution in [2.24, 2.45) is 0 Å². The monoisotopic (exact) mass is 475 g/mol. The molecule has 2 aromatic carbocycles. The van der Waals surface area contributed by atoms with Gasteiger partial charge in [-0.1, -0.05) is 48.2 Å². The summed E-state index contributed by atoms with van der Waals surface area (Å²) in [5.74, 6) is 0.00531. The number of sulfonamides is 1. The Bertz CT molecular complexity index is 1250. The predicted molar refractivity (Wildman–Crippen MR) is 126 cm³/mol. The number of hydrogen-bond donors (Lipinski definition) is 2. The lowest BCUT2D eigenvalue weighted by Gasteiger charge is -2.12. The molecule has 2 N–H and O–H groups in total. The third-order valence-electron chi connectivity index (χ3n) is 4.75. The number of hydrogen-bond acceptors (Lipinski definition) is 7. The zero-order valence-corrected chi connectivity index (χ0v) is 19.3. The molecule has 170 valence electrons. The standard InChI is InChI=1S/C22H25N3O5S2/c1-32(29,30)23-12-11-16-7-9-17(10-8-16)20(27)15-31-22-24-19-6-3-2-5-18(19)21(28)25(22)13-4-14-26/h2-3,5-10,23,26H,4,11-15H2,1H3. The third kappa shape index (κ3) is 6.49. The number of nitrogens with one attached hydrogen (secondary N) is 1. The molecule has 10 heteroatoms. The van der Waals surface area contributed by atoms with Crippen molar-refractivity contribution in [2.45, 2.75) is 24.5 Å². The van der Waals surface area contributed by atoms with E-state index in [2.05, 4.69) is 9.71 Å². The summed E-state index contributed by atoms with van der Waals surface area (Å²) in [5.41, 5.74) is 1.83. The van der Waals surface area contributed by atoms with Gasteiger partial charge in [0.15, 0.2) is 10.9 Å². The number of nitrogens with zero attached hydrogens (tertiary/aromatic N) is 2. The van der Waals surface area contributed by atoms with Crippen LogP contribution in [0, 0.1) is 0 Å². The SMILES string of the molecule is CS(=O)(=O)NCCc1ccc(C(=O)CSc2nc3ccccc3c(=O)n2CCCO)cc1. The van der Waals surface area contributed by atoms with Crippen molar-refractivity contribution in [3.05, 3.63) is 70.0 Å². The van der Waals surface area contributed by atoms with Gasteiger partial charge in [-0.15, -0.1) is 0 Å². The smallest absolute Gasteiger partial charge is 0.262 e. The summed E-state index contributed by atoms with van der Waals surface area (Å²) in [5, 5.41) is 10.1. The van der Waals surface area contributed by atoms with Crippen LogP contribution in [0.4, 0.5) is 0 Å². The van der Waals surface area contributed by atoms with E-state index in [1.54, 1.807) is 48.5 Å². The van der Waals surface area contributed by atoms with E-state index in [0.29, 0.717) is 47.6 Å². The maximum absolute atomic E-state index is 12.9. The van der Waals surface area contributed by atoms with Crippen molar-refractivity contribution in [1.29, 1.82) is 0 Å². The van der Waals surface area contributed by atoms with Crippen LogP contribution < -0.4 is 10.3 Å². The van der Waals surface area contributed by atoms with Crippen LogP contribution in [0.15, 0.2) is 58.5 Å². The van der Waals surface area contributed by atoms with Crippen LogP contribution >= 0.6 is 11.8 Å². The Morgan fingerprint density at radius 1 is 1.16 bits per heavy atom. The number of rotatable bonds is 11. The Morgan fingerprint density at radius 2 is 1.88 bits per heavy atom. The molecular weight excluding hydrogens is 450 g/mol. The van der Waals surface area contributed by atoms with Gasteiger partial charge >= 0.3 is 0 Å². The highest BCUT2D eigenvalue weighted by Crippen LogP contribution is 2.20. The molecule has 1 aromatic heterocycles. The molecule has 0 aliphatic carbocycles. The summed E-state index contributed by atoms with van der Waals surface area (Å²) in [4.78, 5) is 30.1. The minimum atomic E-state index is -3.23. The molecule has 0 saturated carbocycles. The van der Waals surface area contributed by atoms with Crippen LogP contribution in [0.3, 0.4) is 0 Å². The van der Waals surface area contributed by atoms with Gasteiger partial charge in [-0.05, 0) is 30.5 Å². The van der Waals surface area contributed by atoms with Crippen molar-refractivity contribution < 1.29 is 18.3 Å². The minimum absolute atomic E-state index is 0.0473. The second kappa shape index (κ2) is 10.9. The number of carbonyl (C=O) groups excluding carboxylic acids is 1. The molecule has 3 rings (SSSR count).